The van der Waals surface area contributed by atoms with E-state index in [4.69, 9.17) is 0 Å². The highest BCUT2D eigenvalue weighted by atomic mass is 32.1. The smallest absolute Gasteiger partial charge is 0.257 e. The minimum absolute atomic E-state index is 0.222. The maximum Gasteiger partial charge on any atom is 0.257 e. The molecule has 7 heteroatoms. The standard InChI is InChI=1S/C10H11N5OS/c1-6-14-15-10(17-6)13-9(16)7-3-4-12-8(5-7)11-2/h3-5H,1-2H3,(H,11,12)(H,13,15,16). The summed E-state index contributed by atoms with van der Waals surface area (Å²) in [5.74, 6) is 0.422. The Morgan fingerprint density at radius 1 is 1.41 bits per heavy atom. The molecule has 88 valence electrons. The van der Waals surface area contributed by atoms with Crippen LogP contribution in [-0.4, -0.2) is 28.1 Å². The lowest BCUT2D eigenvalue weighted by molar-refractivity contribution is 0.102. The Balaban J connectivity index is 2.14. The van der Waals surface area contributed by atoms with Crippen molar-refractivity contribution < 1.29 is 4.79 Å². The van der Waals surface area contributed by atoms with Crippen LogP contribution in [0.15, 0.2) is 18.3 Å². The number of carbonyl (C=O) groups is 1. The highest BCUT2D eigenvalue weighted by Crippen LogP contribution is 2.15. The molecule has 0 aliphatic heterocycles. The first-order chi connectivity index (χ1) is 8.19. The third-order valence-electron chi connectivity index (χ3n) is 2.02. The molecule has 17 heavy (non-hydrogen) atoms. The first-order valence-corrected chi connectivity index (χ1v) is 5.76. The van der Waals surface area contributed by atoms with E-state index < -0.39 is 0 Å². The van der Waals surface area contributed by atoms with Crippen molar-refractivity contribution in [3.05, 3.63) is 28.9 Å². The molecule has 2 heterocycles. The van der Waals surface area contributed by atoms with Crippen molar-refractivity contribution in [3.8, 4) is 0 Å². The van der Waals surface area contributed by atoms with Gasteiger partial charge in [0, 0.05) is 18.8 Å². The van der Waals surface area contributed by atoms with E-state index in [1.54, 1.807) is 25.4 Å². The summed E-state index contributed by atoms with van der Waals surface area (Å²) in [6, 6.07) is 3.31. The van der Waals surface area contributed by atoms with E-state index in [9.17, 15) is 4.79 Å². The molecule has 6 nitrogen and oxygen atoms in total. The molecule has 0 saturated carbocycles. The molecule has 0 radical (unpaired) electrons. The van der Waals surface area contributed by atoms with E-state index in [1.807, 2.05) is 6.92 Å². The lowest BCUT2D eigenvalue weighted by atomic mass is 10.2. The average molecular weight is 249 g/mol. The summed E-state index contributed by atoms with van der Waals surface area (Å²) in [7, 11) is 1.75. The van der Waals surface area contributed by atoms with Crippen molar-refractivity contribution >= 4 is 28.2 Å². The van der Waals surface area contributed by atoms with Crippen LogP contribution in [0.4, 0.5) is 10.9 Å². The summed E-state index contributed by atoms with van der Waals surface area (Å²) in [5.41, 5.74) is 0.525. The first-order valence-electron chi connectivity index (χ1n) is 4.94. The molecular weight excluding hydrogens is 238 g/mol. The van der Waals surface area contributed by atoms with Gasteiger partial charge in [-0.2, -0.15) is 0 Å². The van der Waals surface area contributed by atoms with Gasteiger partial charge < -0.3 is 5.32 Å². The third-order valence-corrected chi connectivity index (χ3v) is 2.78. The fraction of sp³-hybridized carbons (Fsp3) is 0.200. The van der Waals surface area contributed by atoms with E-state index in [0.717, 1.165) is 5.01 Å². The molecule has 0 bridgehead atoms. The van der Waals surface area contributed by atoms with Gasteiger partial charge in [-0.05, 0) is 19.1 Å². The Morgan fingerprint density at radius 2 is 2.24 bits per heavy atom. The largest absolute Gasteiger partial charge is 0.373 e. The molecular formula is C10H11N5OS. The van der Waals surface area contributed by atoms with E-state index >= 15 is 0 Å². The van der Waals surface area contributed by atoms with Gasteiger partial charge in [0.1, 0.15) is 10.8 Å². The van der Waals surface area contributed by atoms with Gasteiger partial charge >= 0.3 is 0 Å². The van der Waals surface area contributed by atoms with Gasteiger partial charge in [-0.3, -0.25) is 10.1 Å². The molecule has 0 aromatic carbocycles. The molecule has 0 atom stereocenters. The summed E-state index contributed by atoms with van der Waals surface area (Å²) in [6.45, 7) is 1.83. The van der Waals surface area contributed by atoms with Crippen molar-refractivity contribution in [2.45, 2.75) is 6.92 Å². The molecule has 0 unspecified atom stereocenters. The topological polar surface area (TPSA) is 79.8 Å². The number of rotatable bonds is 3. The molecule has 0 aliphatic carbocycles. The Hall–Kier alpha value is -2.02. The monoisotopic (exact) mass is 249 g/mol. The van der Waals surface area contributed by atoms with Crippen molar-refractivity contribution in [2.75, 3.05) is 17.7 Å². The molecule has 2 N–H and O–H groups in total. The van der Waals surface area contributed by atoms with Crippen LogP contribution in [0.25, 0.3) is 0 Å². The molecule has 2 aromatic heterocycles. The number of aromatic nitrogens is 3. The van der Waals surface area contributed by atoms with Crippen LogP contribution < -0.4 is 10.6 Å². The Morgan fingerprint density at radius 3 is 2.88 bits per heavy atom. The second kappa shape index (κ2) is 4.88. The van der Waals surface area contributed by atoms with Crippen molar-refractivity contribution in [2.24, 2.45) is 0 Å². The second-order valence-corrected chi connectivity index (χ2v) is 4.44. The van der Waals surface area contributed by atoms with Gasteiger partial charge in [0.2, 0.25) is 5.13 Å². The predicted molar refractivity (Wildman–Crippen MR) is 66.4 cm³/mol. The van der Waals surface area contributed by atoms with Crippen LogP contribution in [0.2, 0.25) is 0 Å². The zero-order chi connectivity index (χ0) is 12.3. The van der Waals surface area contributed by atoms with E-state index in [0.29, 0.717) is 16.5 Å². The number of nitrogens with zero attached hydrogens (tertiary/aromatic N) is 3. The SMILES string of the molecule is CNc1cc(C(=O)Nc2nnc(C)s2)ccn1. The highest BCUT2D eigenvalue weighted by molar-refractivity contribution is 7.15. The maximum atomic E-state index is 11.9. The van der Waals surface area contributed by atoms with E-state index in [-0.39, 0.29) is 5.91 Å². The van der Waals surface area contributed by atoms with Gasteiger partial charge in [-0.1, -0.05) is 11.3 Å². The molecule has 1 amide bonds. The summed E-state index contributed by atoms with van der Waals surface area (Å²) in [6.07, 6.45) is 1.58. The van der Waals surface area contributed by atoms with Gasteiger partial charge in [0.05, 0.1) is 0 Å². The highest BCUT2D eigenvalue weighted by Gasteiger charge is 2.09. The van der Waals surface area contributed by atoms with Crippen molar-refractivity contribution in [3.63, 3.8) is 0 Å². The summed E-state index contributed by atoms with van der Waals surface area (Å²) < 4.78 is 0. The Bertz CT molecular complexity index is 539. The molecule has 0 fully saturated rings. The minimum Gasteiger partial charge on any atom is -0.373 e. The summed E-state index contributed by atoms with van der Waals surface area (Å²) in [4.78, 5) is 15.9. The quantitative estimate of drug-likeness (QED) is 0.862. The number of anilines is 2. The number of aryl methyl sites for hydroxylation is 1. The van der Waals surface area contributed by atoms with Crippen LogP contribution in [0.1, 0.15) is 15.4 Å². The molecule has 2 rings (SSSR count). The maximum absolute atomic E-state index is 11.9. The fourth-order valence-electron chi connectivity index (χ4n) is 1.22. The zero-order valence-corrected chi connectivity index (χ0v) is 10.2. The zero-order valence-electron chi connectivity index (χ0n) is 9.39. The van der Waals surface area contributed by atoms with Crippen molar-refractivity contribution in [1.82, 2.24) is 15.2 Å². The Labute approximate surface area is 102 Å². The number of hydrogen-bond acceptors (Lipinski definition) is 6. The molecule has 0 saturated heterocycles. The lowest BCUT2D eigenvalue weighted by Gasteiger charge is -2.03. The number of nitrogens with one attached hydrogen (secondary N) is 2. The van der Waals surface area contributed by atoms with Gasteiger partial charge in [0.25, 0.3) is 5.91 Å². The molecule has 0 aliphatic rings. The first kappa shape index (κ1) is 11.5. The fourth-order valence-corrected chi connectivity index (χ4v) is 1.81. The number of pyridine rings is 1. The van der Waals surface area contributed by atoms with Gasteiger partial charge in [0.15, 0.2) is 0 Å². The van der Waals surface area contributed by atoms with E-state index in [1.165, 1.54) is 11.3 Å². The Kier molecular flexibility index (Phi) is 3.29. The molecule has 2 aromatic rings. The lowest BCUT2D eigenvalue weighted by Crippen LogP contribution is -2.12. The average Bonchev–Trinajstić information content (AvgIpc) is 2.75. The second-order valence-electron chi connectivity index (χ2n) is 3.26. The normalized spacial score (nSPS) is 10.0. The number of carbonyl (C=O) groups excluding carboxylic acids is 1. The van der Waals surface area contributed by atoms with E-state index in [2.05, 4.69) is 25.8 Å². The van der Waals surface area contributed by atoms with Crippen LogP contribution in [0.3, 0.4) is 0 Å². The predicted octanol–water partition coefficient (Wildman–Crippen LogP) is 1.54. The van der Waals surface area contributed by atoms with Crippen LogP contribution in [-0.2, 0) is 0 Å². The van der Waals surface area contributed by atoms with Crippen LogP contribution >= 0.6 is 11.3 Å². The van der Waals surface area contributed by atoms with Crippen LogP contribution in [0.5, 0.6) is 0 Å². The van der Waals surface area contributed by atoms with Crippen LogP contribution in [0, 0.1) is 6.92 Å². The van der Waals surface area contributed by atoms with Gasteiger partial charge in [-0.25, -0.2) is 4.98 Å². The number of hydrogen-bond donors (Lipinski definition) is 2. The third kappa shape index (κ3) is 2.76. The summed E-state index contributed by atoms with van der Waals surface area (Å²) >= 11 is 1.34. The summed E-state index contributed by atoms with van der Waals surface area (Å²) in [5, 5.41) is 14.5. The minimum atomic E-state index is -0.222. The van der Waals surface area contributed by atoms with Crippen molar-refractivity contribution in [1.29, 1.82) is 0 Å². The number of amides is 1. The molecule has 0 spiro atoms. The van der Waals surface area contributed by atoms with Gasteiger partial charge in [-0.15, -0.1) is 10.2 Å².